The summed E-state index contributed by atoms with van der Waals surface area (Å²) in [5, 5.41) is 0.982. The molecule has 2 aromatic carbocycles. The van der Waals surface area contributed by atoms with Crippen LogP contribution in [0.1, 0.15) is 26.3 Å². The molecule has 4 nitrogen and oxygen atoms in total. The molecule has 0 unspecified atom stereocenters. The second-order valence-corrected chi connectivity index (χ2v) is 6.43. The highest BCUT2D eigenvalue weighted by molar-refractivity contribution is 5.89. The van der Waals surface area contributed by atoms with Gasteiger partial charge in [-0.05, 0) is 44.5 Å². The summed E-state index contributed by atoms with van der Waals surface area (Å²) >= 11 is 0. The average Bonchev–Trinajstić information content (AvgIpc) is 3.06. The number of carbonyl (C=O) groups excluding carboxylic acids is 1. The zero-order chi connectivity index (χ0) is 17.9. The lowest BCUT2D eigenvalue weighted by Crippen LogP contribution is -2.36. The molecule has 25 heavy (non-hydrogen) atoms. The van der Waals surface area contributed by atoms with E-state index in [1.165, 1.54) is 0 Å². The van der Waals surface area contributed by atoms with Crippen molar-refractivity contribution in [2.45, 2.75) is 32.9 Å². The number of fused-ring (bicyclic) bond motifs is 1. The van der Waals surface area contributed by atoms with Crippen LogP contribution in [0.5, 0.6) is 5.75 Å². The van der Waals surface area contributed by atoms with E-state index in [2.05, 4.69) is 0 Å². The minimum absolute atomic E-state index is 0.247. The van der Waals surface area contributed by atoms with E-state index in [0.717, 1.165) is 22.2 Å². The number of esters is 1. The van der Waals surface area contributed by atoms with Crippen molar-refractivity contribution >= 4 is 16.9 Å². The summed E-state index contributed by atoms with van der Waals surface area (Å²) in [6.07, 6.45) is 1.91. The van der Waals surface area contributed by atoms with E-state index in [4.69, 9.17) is 9.47 Å². The highest BCUT2D eigenvalue weighted by Crippen LogP contribution is 2.31. The van der Waals surface area contributed by atoms with Crippen LogP contribution in [0.4, 0.5) is 0 Å². The van der Waals surface area contributed by atoms with Crippen molar-refractivity contribution in [2.75, 3.05) is 6.61 Å². The molecule has 0 N–H and O–H groups in total. The molecule has 0 aliphatic rings. The third-order valence-corrected chi connectivity index (χ3v) is 4.31. The number of benzene rings is 2. The summed E-state index contributed by atoms with van der Waals surface area (Å²) in [7, 11) is 0. The predicted molar refractivity (Wildman–Crippen MR) is 98.7 cm³/mol. The van der Waals surface area contributed by atoms with Gasteiger partial charge in [0.25, 0.3) is 0 Å². The van der Waals surface area contributed by atoms with Crippen LogP contribution in [0.25, 0.3) is 10.9 Å². The van der Waals surface area contributed by atoms with Gasteiger partial charge in [-0.15, -0.1) is 0 Å². The van der Waals surface area contributed by atoms with E-state index in [9.17, 15) is 4.79 Å². The summed E-state index contributed by atoms with van der Waals surface area (Å²) < 4.78 is 13.2. The molecule has 0 atom stereocenters. The number of hydrogen-bond donors (Lipinski definition) is 0. The summed E-state index contributed by atoms with van der Waals surface area (Å²) in [5.41, 5.74) is 1.28. The molecule has 1 heterocycles. The molecular formula is C21H23NO3. The summed E-state index contributed by atoms with van der Waals surface area (Å²) in [5.74, 6) is 0.558. The van der Waals surface area contributed by atoms with Crippen molar-refractivity contribution in [3.8, 4) is 5.75 Å². The van der Waals surface area contributed by atoms with Gasteiger partial charge >= 0.3 is 5.97 Å². The van der Waals surface area contributed by atoms with Crippen molar-refractivity contribution in [3.05, 3.63) is 66.4 Å². The molecule has 0 spiro atoms. The molecule has 0 bridgehead atoms. The first kappa shape index (κ1) is 17.1. The molecule has 0 saturated heterocycles. The van der Waals surface area contributed by atoms with Gasteiger partial charge in [0.2, 0.25) is 0 Å². The number of rotatable bonds is 6. The Kier molecular flexibility index (Phi) is 4.79. The van der Waals surface area contributed by atoms with E-state index in [1.54, 1.807) is 0 Å². The third kappa shape index (κ3) is 3.38. The topological polar surface area (TPSA) is 40.5 Å². The number of aromatic nitrogens is 1. The highest BCUT2D eigenvalue weighted by atomic mass is 16.5. The minimum atomic E-state index is -0.782. The number of ether oxygens (including phenoxy) is 2. The standard InChI is InChI=1S/C21H23NO3/c1-4-24-20(23)21(2,3)22-14-13-17-18(22)11-8-12-19(17)25-15-16-9-6-5-7-10-16/h5-14H,4,15H2,1-3H3. The second-order valence-electron chi connectivity index (χ2n) is 6.43. The molecule has 130 valence electrons. The number of carbonyl (C=O) groups is 1. The SMILES string of the molecule is CCOC(=O)C(C)(C)n1ccc2c(OCc3ccccc3)cccc21. The Morgan fingerprint density at radius 2 is 1.80 bits per heavy atom. The van der Waals surface area contributed by atoms with Gasteiger partial charge in [0.1, 0.15) is 17.9 Å². The second kappa shape index (κ2) is 7.01. The Hall–Kier alpha value is -2.75. The van der Waals surface area contributed by atoms with E-state index in [1.807, 2.05) is 86.1 Å². The van der Waals surface area contributed by atoms with Crippen LogP contribution in [0.15, 0.2) is 60.8 Å². The monoisotopic (exact) mass is 337 g/mol. The first-order valence-electron chi connectivity index (χ1n) is 8.48. The van der Waals surface area contributed by atoms with E-state index < -0.39 is 5.54 Å². The maximum absolute atomic E-state index is 12.3. The third-order valence-electron chi connectivity index (χ3n) is 4.31. The van der Waals surface area contributed by atoms with Crippen molar-refractivity contribution in [1.29, 1.82) is 0 Å². The molecule has 4 heteroatoms. The molecule has 0 aliphatic heterocycles. The van der Waals surface area contributed by atoms with E-state index in [-0.39, 0.29) is 5.97 Å². The van der Waals surface area contributed by atoms with Gasteiger partial charge in [-0.3, -0.25) is 0 Å². The predicted octanol–water partition coefficient (Wildman–Crippen LogP) is 4.52. The lowest BCUT2D eigenvalue weighted by molar-refractivity contribution is -0.151. The van der Waals surface area contributed by atoms with Gasteiger partial charge in [0.15, 0.2) is 0 Å². The van der Waals surface area contributed by atoms with Crippen molar-refractivity contribution in [1.82, 2.24) is 4.57 Å². The molecular weight excluding hydrogens is 314 g/mol. The quantitative estimate of drug-likeness (QED) is 0.621. The maximum Gasteiger partial charge on any atom is 0.331 e. The number of hydrogen-bond acceptors (Lipinski definition) is 3. The van der Waals surface area contributed by atoms with Gasteiger partial charge in [0, 0.05) is 11.6 Å². The number of nitrogens with zero attached hydrogens (tertiary/aromatic N) is 1. The first-order chi connectivity index (χ1) is 12.0. The Bertz CT molecular complexity index is 865. The van der Waals surface area contributed by atoms with Gasteiger partial charge < -0.3 is 14.0 Å². The van der Waals surface area contributed by atoms with Gasteiger partial charge in [-0.2, -0.15) is 0 Å². The summed E-state index contributed by atoms with van der Waals surface area (Å²) in [4.78, 5) is 12.3. The Morgan fingerprint density at radius 3 is 2.52 bits per heavy atom. The summed E-state index contributed by atoms with van der Waals surface area (Å²) in [6, 6.07) is 17.9. The maximum atomic E-state index is 12.3. The molecule has 0 amide bonds. The zero-order valence-electron chi connectivity index (χ0n) is 14.9. The van der Waals surface area contributed by atoms with Gasteiger partial charge in [-0.25, -0.2) is 4.79 Å². The fourth-order valence-corrected chi connectivity index (χ4v) is 2.89. The van der Waals surface area contributed by atoms with Crippen LogP contribution in [-0.2, 0) is 21.7 Å². The molecule has 3 aromatic rings. The Labute approximate surface area is 148 Å². The van der Waals surface area contributed by atoms with Crippen LogP contribution in [0, 0.1) is 0 Å². The minimum Gasteiger partial charge on any atom is -0.488 e. The molecule has 0 radical (unpaired) electrons. The lowest BCUT2D eigenvalue weighted by Gasteiger charge is -2.25. The van der Waals surface area contributed by atoms with E-state index in [0.29, 0.717) is 13.2 Å². The van der Waals surface area contributed by atoms with Crippen LogP contribution < -0.4 is 4.74 Å². The molecule has 0 aliphatic carbocycles. The first-order valence-corrected chi connectivity index (χ1v) is 8.48. The van der Waals surface area contributed by atoms with Crippen molar-refractivity contribution < 1.29 is 14.3 Å². The Balaban J connectivity index is 1.91. The lowest BCUT2D eigenvalue weighted by atomic mass is 10.1. The van der Waals surface area contributed by atoms with Crippen LogP contribution in [0.3, 0.4) is 0 Å². The fraction of sp³-hybridized carbons (Fsp3) is 0.286. The molecule has 0 saturated carbocycles. The smallest absolute Gasteiger partial charge is 0.331 e. The zero-order valence-corrected chi connectivity index (χ0v) is 14.9. The normalized spacial score (nSPS) is 11.5. The van der Waals surface area contributed by atoms with Gasteiger partial charge in [0.05, 0.1) is 12.1 Å². The Morgan fingerprint density at radius 1 is 1.04 bits per heavy atom. The average molecular weight is 337 g/mol. The summed E-state index contributed by atoms with van der Waals surface area (Å²) in [6.45, 7) is 6.42. The largest absolute Gasteiger partial charge is 0.488 e. The van der Waals surface area contributed by atoms with Crippen molar-refractivity contribution in [2.24, 2.45) is 0 Å². The molecule has 1 aromatic heterocycles. The van der Waals surface area contributed by atoms with Crippen LogP contribution in [0.2, 0.25) is 0 Å². The highest BCUT2D eigenvalue weighted by Gasteiger charge is 2.32. The van der Waals surface area contributed by atoms with Crippen molar-refractivity contribution in [3.63, 3.8) is 0 Å². The fourth-order valence-electron chi connectivity index (χ4n) is 2.89. The van der Waals surface area contributed by atoms with Crippen LogP contribution >= 0.6 is 0 Å². The molecule has 3 rings (SSSR count). The van der Waals surface area contributed by atoms with E-state index >= 15 is 0 Å². The van der Waals surface area contributed by atoms with Gasteiger partial charge in [-0.1, -0.05) is 36.4 Å². The van der Waals surface area contributed by atoms with Crippen LogP contribution in [-0.4, -0.2) is 17.1 Å². The molecule has 0 fully saturated rings.